The molecule has 130 valence electrons. The molecule has 2 N–H and O–H groups in total. The maximum absolute atomic E-state index is 11.5. The van der Waals surface area contributed by atoms with Gasteiger partial charge in [-0.1, -0.05) is 6.07 Å². The highest BCUT2D eigenvalue weighted by Gasteiger charge is 2.20. The third kappa shape index (κ3) is 4.82. The van der Waals surface area contributed by atoms with Crippen molar-refractivity contribution in [3.63, 3.8) is 0 Å². The van der Waals surface area contributed by atoms with E-state index in [0.29, 0.717) is 17.0 Å². The molecule has 0 atom stereocenters. The number of hydrogen-bond acceptors (Lipinski definition) is 5. The Morgan fingerprint density at radius 1 is 1.04 bits per heavy atom. The van der Waals surface area contributed by atoms with Gasteiger partial charge < -0.3 is 10.6 Å². The molecule has 0 saturated heterocycles. The van der Waals surface area contributed by atoms with Gasteiger partial charge in [-0.05, 0) is 61.4 Å². The Hall–Kier alpha value is -1.37. The van der Waals surface area contributed by atoms with E-state index in [0.717, 1.165) is 25.1 Å². The van der Waals surface area contributed by atoms with Gasteiger partial charge in [0.2, 0.25) is 0 Å². The van der Waals surface area contributed by atoms with E-state index in [2.05, 4.69) is 28.1 Å². The minimum Gasteiger partial charge on any atom is -0.382 e. The molecule has 0 spiro atoms. The molecule has 1 fully saturated rings. The van der Waals surface area contributed by atoms with Crippen molar-refractivity contribution in [2.24, 2.45) is 0 Å². The van der Waals surface area contributed by atoms with Gasteiger partial charge in [0.05, 0.1) is 4.90 Å². The van der Waals surface area contributed by atoms with E-state index in [4.69, 9.17) is 0 Å². The zero-order valence-electron chi connectivity index (χ0n) is 13.9. The van der Waals surface area contributed by atoms with Crippen LogP contribution >= 0.6 is 11.3 Å². The summed E-state index contributed by atoms with van der Waals surface area (Å²) in [4.78, 5) is 1.76. The summed E-state index contributed by atoms with van der Waals surface area (Å²) < 4.78 is 23.0. The molecule has 1 aliphatic carbocycles. The number of sulfone groups is 1. The molecule has 0 amide bonds. The quantitative estimate of drug-likeness (QED) is 0.821. The lowest BCUT2D eigenvalue weighted by atomic mass is 9.91. The van der Waals surface area contributed by atoms with Crippen LogP contribution in [0.25, 0.3) is 0 Å². The first-order valence-electron chi connectivity index (χ1n) is 8.33. The monoisotopic (exact) mass is 364 g/mol. The van der Waals surface area contributed by atoms with Crippen LogP contribution in [0.5, 0.6) is 0 Å². The number of rotatable bonds is 6. The van der Waals surface area contributed by atoms with Gasteiger partial charge in [-0.25, -0.2) is 8.42 Å². The Morgan fingerprint density at radius 3 is 2.29 bits per heavy atom. The second-order valence-electron chi connectivity index (χ2n) is 6.45. The van der Waals surface area contributed by atoms with Crippen LogP contribution in [0, 0.1) is 0 Å². The molecular formula is C18H24N2O2S2. The highest BCUT2D eigenvalue weighted by molar-refractivity contribution is 7.90. The third-order valence-electron chi connectivity index (χ3n) is 4.53. The summed E-state index contributed by atoms with van der Waals surface area (Å²) in [6.45, 7) is 0.966. The predicted molar refractivity (Wildman–Crippen MR) is 100 cm³/mol. The summed E-state index contributed by atoms with van der Waals surface area (Å²) in [5, 5.41) is 9.30. The lowest BCUT2D eigenvalue weighted by Crippen LogP contribution is -2.36. The van der Waals surface area contributed by atoms with Gasteiger partial charge in [0.25, 0.3) is 0 Å². The number of anilines is 1. The standard InChI is InChI=1S/C18H24N2O2S2/c1-24(21,22)18-10-8-16(9-11-18)20-15-6-4-14(5-7-15)19-13-17-3-2-12-23-17/h2-3,8-12,14-15,19-20H,4-7,13H2,1H3. The molecule has 1 aromatic heterocycles. The van der Waals surface area contributed by atoms with E-state index < -0.39 is 9.84 Å². The fraction of sp³-hybridized carbons (Fsp3) is 0.444. The first-order valence-corrected chi connectivity index (χ1v) is 11.1. The fourth-order valence-corrected chi connectivity index (χ4v) is 4.42. The van der Waals surface area contributed by atoms with Crippen LogP contribution in [0.15, 0.2) is 46.7 Å². The van der Waals surface area contributed by atoms with Crippen LogP contribution in [0.2, 0.25) is 0 Å². The van der Waals surface area contributed by atoms with Crippen LogP contribution in [0.3, 0.4) is 0 Å². The Bertz CT molecular complexity index is 732. The Kier molecular flexibility index (Phi) is 5.58. The van der Waals surface area contributed by atoms with Crippen LogP contribution in [0.1, 0.15) is 30.6 Å². The van der Waals surface area contributed by atoms with Gasteiger partial charge in [-0.3, -0.25) is 0 Å². The van der Waals surface area contributed by atoms with E-state index in [1.807, 2.05) is 12.1 Å². The van der Waals surface area contributed by atoms with Gasteiger partial charge in [0.15, 0.2) is 9.84 Å². The van der Waals surface area contributed by atoms with Crippen LogP contribution in [-0.2, 0) is 16.4 Å². The highest BCUT2D eigenvalue weighted by atomic mass is 32.2. The van der Waals surface area contributed by atoms with Crippen LogP contribution < -0.4 is 10.6 Å². The van der Waals surface area contributed by atoms with Crippen molar-refractivity contribution in [2.75, 3.05) is 11.6 Å². The van der Waals surface area contributed by atoms with Crippen molar-refractivity contribution >= 4 is 26.9 Å². The molecule has 0 unspecified atom stereocenters. The van der Waals surface area contributed by atoms with Crippen molar-refractivity contribution in [1.29, 1.82) is 0 Å². The average molecular weight is 365 g/mol. The summed E-state index contributed by atoms with van der Waals surface area (Å²) >= 11 is 1.80. The van der Waals surface area contributed by atoms with Crippen molar-refractivity contribution in [1.82, 2.24) is 5.32 Å². The van der Waals surface area contributed by atoms with E-state index in [1.54, 1.807) is 23.5 Å². The highest BCUT2D eigenvalue weighted by Crippen LogP contribution is 2.23. The van der Waals surface area contributed by atoms with Crippen molar-refractivity contribution < 1.29 is 8.42 Å². The third-order valence-corrected chi connectivity index (χ3v) is 6.53. The summed E-state index contributed by atoms with van der Waals surface area (Å²) in [5.41, 5.74) is 0.998. The van der Waals surface area contributed by atoms with Crippen LogP contribution in [0.4, 0.5) is 5.69 Å². The molecule has 1 saturated carbocycles. The zero-order chi connectivity index (χ0) is 17.0. The maximum atomic E-state index is 11.5. The Balaban J connectivity index is 1.45. The molecule has 0 aliphatic heterocycles. The number of nitrogens with one attached hydrogen (secondary N) is 2. The molecule has 6 heteroatoms. The molecule has 1 aliphatic rings. The number of thiophene rings is 1. The minimum absolute atomic E-state index is 0.370. The van der Waals surface area contributed by atoms with Gasteiger partial charge in [-0.2, -0.15) is 0 Å². The van der Waals surface area contributed by atoms with E-state index in [1.165, 1.54) is 24.0 Å². The summed E-state index contributed by atoms with van der Waals surface area (Å²) in [6, 6.07) is 12.4. The maximum Gasteiger partial charge on any atom is 0.175 e. The van der Waals surface area contributed by atoms with E-state index in [9.17, 15) is 8.42 Å². The molecule has 1 heterocycles. The van der Waals surface area contributed by atoms with E-state index >= 15 is 0 Å². The summed E-state index contributed by atoms with van der Waals surface area (Å²) in [6.07, 6.45) is 5.85. The van der Waals surface area contributed by atoms with Gasteiger partial charge in [-0.15, -0.1) is 11.3 Å². The molecule has 4 nitrogen and oxygen atoms in total. The largest absolute Gasteiger partial charge is 0.382 e. The topological polar surface area (TPSA) is 58.2 Å². The Labute approximate surface area is 148 Å². The van der Waals surface area contributed by atoms with Crippen molar-refractivity contribution in [3.8, 4) is 0 Å². The average Bonchev–Trinajstić information content (AvgIpc) is 3.07. The summed E-state index contributed by atoms with van der Waals surface area (Å²) in [5.74, 6) is 0. The lowest BCUT2D eigenvalue weighted by molar-refractivity contribution is 0.353. The van der Waals surface area contributed by atoms with Gasteiger partial charge in [0, 0.05) is 35.4 Å². The molecule has 2 aromatic rings. The van der Waals surface area contributed by atoms with Gasteiger partial charge in [0.1, 0.15) is 0 Å². The second-order valence-corrected chi connectivity index (χ2v) is 9.50. The summed E-state index contributed by atoms with van der Waals surface area (Å²) in [7, 11) is -3.12. The number of benzene rings is 1. The lowest BCUT2D eigenvalue weighted by Gasteiger charge is -2.30. The molecule has 3 rings (SSSR count). The van der Waals surface area contributed by atoms with Crippen molar-refractivity contribution in [2.45, 2.75) is 49.2 Å². The number of hydrogen-bond donors (Lipinski definition) is 2. The first-order chi connectivity index (χ1) is 11.5. The molecule has 24 heavy (non-hydrogen) atoms. The zero-order valence-corrected chi connectivity index (χ0v) is 15.5. The normalized spacial score (nSPS) is 21.5. The Morgan fingerprint density at radius 2 is 1.71 bits per heavy atom. The molecule has 0 bridgehead atoms. The smallest absolute Gasteiger partial charge is 0.175 e. The second kappa shape index (κ2) is 7.68. The minimum atomic E-state index is -3.12. The molecule has 1 aromatic carbocycles. The van der Waals surface area contributed by atoms with Gasteiger partial charge >= 0.3 is 0 Å². The first kappa shape index (κ1) is 17.5. The molecule has 0 radical (unpaired) electrons. The van der Waals surface area contributed by atoms with E-state index in [-0.39, 0.29) is 0 Å². The van der Waals surface area contributed by atoms with Crippen LogP contribution in [-0.4, -0.2) is 26.8 Å². The van der Waals surface area contributed by atoms with Crippen molar-refractivity contribution in [3.05, 3.63) is 46.7 Å². The molecular weight excluding hydrogens is 340 g/mol. The fourth-order valence-electron chi connectivity index (χ4n) is 3.13. The SMILES string of the molecule is CS(=O)(=O)c1ccc(NC2CCC(NCc3cccs3)CC2)cc1. The predicted octanol–water partition coefficient (Wildman–Crippen LogP) is 3.66.